The van der Waals surface area contributed by atoms with Gasteiger partial charge in [-0.15, -0.1) is 9.24 Å². The van der Waals surface area contributed by atoms with Crippen molar-refractivity contribution in [1.29, 1.82) is 0 Å². The van der Waals surface area contributed by atoms with Gasteiger partial charge in [0.2, 0.25) is 0 Å². The first-order valence-corrected chi connectivity index (χ1v) is 4.75. The van der Waals surface area contributed by atoms with Crippen LogP contribution in [0.1, 0.15) is 11.5 Å². The Bertz CT molecular complexity index is 466. The standard InChI is InChI=1S/C10H11N2P/c1-6-8-4-3-5-9(13)10(8)12-7(2)11-6/h3-5H,13H2,1-2H3. The molecular weight excluding hydrogens is 179 g/mol. The predicted octanol–water partition coefficient (Wildman–Crippen LogP) is 1.75. The number of rotatable bonds is 0. The Morgan fingerprint density at radius 3 is 2.69 bits per heavy atom. The summed E-state index contributed by atoms with van der Waals surface area (Å²) in [7, 11) is 2.70. The summed E-state index contributed by atoms with van der Waals surface area (Å²) in [4.78, 5) is 8.73. The third kappa shape index (κ3) is 1.42. The van der Waals surface area contributed by atoms with Gasteiger partial charge < -0.3 is 0 Å². The molecule has 13 heavy (non-hydrogen) atoms. The summed E-state index contributed by atoms with van der Waals surface area (Å²) < 4.78 is 0. The van der Waals surface area contributed by atoms with Crippen LogP contribution < -0.4 is 5.30 Å². The summed E-state index contributed by atoms with van der Waals surface area (Å²) in [6.45, 7) is 3.94. The van der Waals surface area contributed by atoms with Gasteiger partial charge in [0.1, 0.15) is 5.82 Å². The van der Waals surface area contributed by atoms with Gasteiger partial charge in [-0.2, -0.15) is 0 Å². The molecule has 0 aliphatic carbocycles. The van der Waals surface area contributed by atoms with E-state index in [1.807, 2.05) is 26.0 Å². The van der Waals surface area contributed by atoms with Gasteiger partial charge in [0, 0.05) is 11.1 Å². The first kappa shape index (κ1) is 8.58. The molecule has 1 heterocycles. The Morgan fingerprint density at radius 1 is 1.15 bits per heavy atom. The van der Waals surface area contributed by atoms with Crippen molar-refractivity contribution >= 4 is 25.4 Å². The molecule has 0 saturated carbocycles. The van der Waals surface area contributed by atoms with E-state index in [4.69, 9.17) is 0 Å². The Balaban J connectivity index is 2.94. The van der Waals surface area contributed by atoms with Crippen LogP contribution in [0.3, 0.4) is 0 Å². The molecule has 0 aliphatic rings. The molecule has 66 valence electrons. The van der Waals surface area contributed by atoms with Crippen LogP contribution in [0.4, 0.5) is 0 Å². The highest BCUT2D eigenvalue weighted by Crippen LogP contribution is 2.14. The van der Waals surface area contributed by atoms with Crippen LogP contribution >= 0.6 is 9.24 Å². The fraction of sp³-hybridized carbons (Fsp3) is 0.200. The van der Waals surface area contributed by atoms with E-state index in [1.54, 1.807) is 0 Å². The average Bonchev–Trinajstić information content (AvgIpc) is 2.07. The number of nitrogens with zero attached hydrogens (tertiary/aromatic N) is 2. The number of benzene rings is 1. The van der Waals surface area contributed by atoms with Crippen LogP contribution in [0.2, 0.25) is 0 Å². The van der Waals surface area contributed by atoms with Gasteiger partial charge in [-0.05, 0) is 19.2 Å². The number of aryl methyl sites for hydroxylation is 2. The Kier molecular flexibility index (Phi) is 2.01. The lowest BCUT2D eigenvalue weighted by Gasteiger charge is -2.04. The van der Waals surface area contributed by atoms with Crippen molar-refractivity contribution in [3.05, 3.63) is 29.7 Å². The Hall–Kier alpha value is -1.01. The third-order valence-corrected chi connectivity index (χ3v) is 2.53. The molecule has 0 amide bonds. The Morgan fingerprint density at radius 2 is 1.92 bits per heavy atom. The van der Waals surface area contributed by atoms with E-state index in [2.05, 4.69) is 25.3 Å². The highest BCUT2D eigenvalue weighted by molar-refractivity contribution is 7.28. The molecule has 1 aromatic carbocycles. The summed E-state index contributed by atoms with van der Waals surface area (Å²) >= 11 is 0. The number of fused-ring (bicyclic) bond motifs is 1. The van der Waals surface area contributed by atoms with Crippen molar-refractivity contribution < 1.29 is 0 Å². The molecule has 1 atom stereocenters. The highest BCUT2D eigenvalue weighted by Gasteiger charge is 2.02. The summed E-state index contributed by atoms with van der Waals surface area (Å²) in [6.07, 6.45) is 0. The SMILES string of the molecule is Cc1nc(C)c2cccc(P)c2n1. The maximum Gasteiger partial charge on any atom is 0.126 e. The predicted molar refractivity (Wildman–Crippen MR) is 58.4 cm³/mol. The van der Waals surface area contributed by atoms with Crippen LogP contribution in [0, 0.1) is 13.8 Å². The molecule has 0 radical (unpaired) electrons. The largest absolute Gasteiger partial charge is 0.238 e. The molecule has 1 unspecified atom stereocenters. The number of hydrogen-bond donors (Lipinski definition) is 0. The smallest absolute Gasteiger partial charge is 0.126 e. The summed E-state index contributed by atoms with van der Waals surface area (Å²) in [5.41, 5.74) is 2.09. The zero-order valence-corrected chi connectivity index (χ0v) is 8.86. The highest BCUT2D eigenvalue weighted by atomic mass is 31.0. The van der Waals surface area contributed by atoms with Crippen LogP contribution in [0.15, 0.2) is 18.2 Å². The zero-order chi connectivity index (χ0) is 9.42. The molecule has 0 bridgehead atoms. The van der Waals surface area contributed by atoms with Crippen molar-refractivity contribution in [1.82, 2.24) is 9.97 Å². The molecular formula is C10H11N2P. The molecule has 0 N–H and O–H groups in total. The number of para-hydroxylation sites is 1. The average molecular weight is 190 g/mol. The van der Waals surface area contributed by atoms with Gasteiger partial charge in [-0.1, -0.05) is 18.2 Å². The maximum absolute atomic E-state index is 4.40. The lowest BCUT2D eigenvalue weighted by Crippen LogP contribution is -2.00. The van der Waals surface area contributed by atoms with Crippen LogP contribution in [-0.4, -0.2) is 9.97 Å². The van der Waals surface area contributed by atoms with Crippen molar-refractivity contribution in [3.63, 3.8) is 0 Å². The molecule has 1 aromatic heterocycles. The second-order valence-corrected chi connectivity index (χ2v) is 3.72. The number of aromatic nitrogens is 2. The Labute approximate surface area is 79.6 Å². The van der Waals surface area contributed by atoms with Crippen LogP contribution in [0.25, 0.3) is 10.9 Å². The van der Waals surface area contributed by atoms with Gasteiger partial charge >= 0.3 is 0 Å². The van der Waals surface area contributed by atoms with Gasteiger partial charge in [-0.3, -0.25) is 0 Å². The fourth-order valence-corrected chi connectivity index (χ4v) is 1.80. The van der Waals surface area contributed by atoms with E-state index < -0.39 is 0 Å². The van der Waals surface area contributed by atoms with Gasteiger partial charge in [-0.25, -0.2) is 9.97 Å². The third-order valence-electron chi connectivity index (χ3n) is 2.06. The second-order valence-electron chi connectivity index (χ2n) is 3.10. The number of hydrogen-bond acceptors (Lipinski definition) is 2. The lowest BCUT2D eigenvalue weighted by atomic mass is 10.2. The van der Waals surface area contributed by atoms with Crippen LogP contribution in [-0.2, 0) is 0 Å². The molecule has 2 rings (SSSR count). The van der Waals surface area contributed by atoms with E-state index in [-0.39, 0.29) is 0 Å². The first-order chi connectivity index (χ1) is 6.18. The van der Waals surface area contributed by atoms with E-state index in [0.717, 1.165) is 27.7 Å². The summed E-state index contributed by atoms with van der Waals surface area (Å²) in [5.74, 6) is 0.833. The minimum Gasteiger partial charge on any atom is -0.238 e. The maximum atomic E-state index is 4.40. The molecule has 2 nitrogen and oxygen atoms in total. The molecule has 2 aromatic rings. The van der Waals surface area contributed by atoms with Crippen molar-refractivity contribution in [2.45, 2.75) is 13.8 Å². The minimum absolute atomic E-state index is 0.833. The molecule has 0 saturated heterocycles. The molecule has 0 aliphatic heterocycles. The van der Waals surface area contributed by atoms with E-state index in [1.165, 1.54) is 0 Å². The normalized spacial score (nSPS) is 10.7. The van der Waals surface area contributed by atoms with Crippen molar-refractivity contribution in [2.24, 2.45) is 0 Å². The van der Waals surface area contributed by atoms with Crippen molar-refractivity contribution in [3.8, 4) is 0 Å². The van der Waals surface area contributed by atoms with Crippen LogP contribution in [0.5, 0.6) is 0 Å². The molecule has 0 spiro atoms. The minimum atomic E-state index is 0.833. The molecule has 3 heteroatoms. The monoisotopic (exact) mass is 190 g/mol. The van der Waals surface area contributed by atoms with E-state index in [9.17, 15) is 0 Å². The summed E-state index contributed by atoms with van der Waals surface area (Å²) in [6, 6.07) is 6.12. The van der Waals surface area contributed by atoms with E-state index >= 15 is 0 Å². The summed E-state index contributed by atoms with van der Waals surface area (Å²) in [5, 5.41) is 2.27. The fourth-order valence-electron chi connectivity index (χ4n) is 1.47. The van der Waals surface area contributed by atoms with Gasteiger partial charge in [0.25, 0.3) is 0 Å². The topological polar surface area (TPSA) is 25.8 Å². The first-order valence-electron chi connectivity index (χ1n) is 4.18. The second kappa shape index (κ2) is 3.04. The van der Waals surface area contributed by atoms with Crippen molar-refractivity contribution in [2.75, 3.05) is 0 Å². The quantitative estimate of drug-likeness (QED) is 0.591. The lowest BCUT2D eigenvalue weighted by molar-refractivity contribution is 1.05. The van der Waals surface area contributed by atoms with Gasteiger partial charge in [0.05, 0.1) is 5.52 Å². The van der Waals surface area contributed by atoms with E-state index in [0.29, 0.717) is 0 Å². The molecule has 0 fully saturated rings. The zero-order valence-electron chi connectivity index (χ0n) is 7.70. The van der Waals surface area contributed by atoms with Gasteiger partial charge in [0.15, 0.2) is 0 Å².